The second kappa shape index (κ2) is 7.78. The first-order chi connectivity index (χ1) is 10.1. The van der Waals surface area contributed by atoms with E-state index in [0.717, 1.165) is 38.0 Å². The molecule has 116 valence electrons. The molecule has 0 aromatic heterocycles. The van der Waals surface area contributed by atoms with Gasteiger partial charge in [0.25, 0.3) is 0 Å². The van der Waals surface area contributed by atoms with Crippen molar-refractivity contribution in [1.82, 2.24) is 10.2 Å². The molecule has 0 aliphatic carbocycles. The fourth-order valence-electron chi connectivity index (χ4n) is 2.77. The molecule has 2 rings (SSSR count). The SMILES string of the molecule is CC(NC(=O)CN1CCC(CN)CC1)c1ccccc1Cl. The highest BCUT2D eigenvalue weighted by Gasteiger charge is 2.20. The Morgan fingerprint density at radius 3 is 2.71 bits per heavy atom. The Kier molecular flexibility index (Phi) is 6.03. The zero-order valence-corrected chi connectivity index (χ0v) is 13.3. The smallest absolute Gasteiger partial charge is 0.234 e. The molecule has 3 N–H and O–H groups in total. The topological polar surface area (TPSA) is 58.4 Å². The van der Waals surface area contributed by atoms with Crippen LogP contribution in [0, 0.1) is 5.92 Å². The van der Waals surface area contributed by atoms with Gasteiger partial charge in [0.1, 0.15) is 0 Å². The zero-order valence-electron chi connectivity index (χ0n) is 12.5. The minimum absolute atomic E-state index is 0.0496. The van der Waals surface area contributed by atoms with Crippen LogP contribution in [-0.2, 0) is 4.79 Å². The Hall–Kier alpha value is -1.10. The van der Waals surface area contributed by atoms with E-state index in [1.807, 2.05) is 31.2 Å². The monoisotopic (exact) mass is 309 g/mol. The van der Waals surface area contributed by atoms with E-state index in [1.54, 1.807) is 0 Å². The first kappa shape index (κ1) is 16.3. The number of likely N-dealkylation sites (tertiary alicyclic amines) is 1. The Labute approximate surface area is 131 Å². The molecule has 4 nitrogen and oxygen atoms in total. The molecule has 0 spiro atoms. The highest BCUT2D eigenvalue weighted by molar-refractivity contribution is 6.31. The summed E-state index contributed by atoms with van der Waals surface area (Å²) in [4.78, 5) is 14.3. The van der Waals surface area contributed by atoms with E-state index in [4.69, 9.17) is 17.3 Å². The highest BCUT2D eigenvalue weighted by Crippen LogP contribution is 2.22. The number of amides is 1. The third-order valence-electron chi connectivity index (χ3n) is 4.16. The van der Waals surface area contributed by atoms with E-state index in [2.05, 4.69) is 10.2 Å². The Bertz CT molecular complexity index is 472. The second-order valence-corrected chi connectivity index (χ2v) is 6.17. The summed E-state index contributed by atoms with van der Waals surface area (Å²) in [6.07, 6.45) is 2.17. The molecule has 1 saturated heterocycles. The normalized spacial score (nSPS) is 18.4. The van der Waals surface area contributed by atoms with E-state index in [0.29, 0.717) is 17.5 Å². The van der Waals surface area contributed by atoms with Crippen molar-refractivity contribution in [3.8, 4) is 0 Å². The van der Waals surface area contributed by atoms with Crippen molar-refractivity contribution >= 4 is 17.5 Å². The molecule has 1 heterocycles. The minimum atomic E-state index is -0.0761. The summed E-state index contributed by atoms with van der Waals surface area (Å²) < 4.78 is 0. The third kappa shape index (κ3) is 4.70. The number of benzene rings is 1. The Balaban J connectivity index is 1.81. The minimum Gasteiger partial charge on any atom is -0.348 e. The van der Waals surface area contributed by atoms with Crippen molar-refractivity contribution in [3.05, 3.63) is 34.9 Å². The van der Waals surface area contributed by atoms with Crippen LogP contribution < -0.4 is 11.1 Å². The van der Waals surface area contributed by atoms with Crippen molar-refractivity contribution < 1.29 is 4.79 Å². The van der Waals surface area contributed by atoms with Gasteiger partial charge in [-0.3, -0.25) is 9.69 Å². The molecule has 1 aromatic rings. The first-order valence-electron chi connectivity index (χ1n) is 7.56. The van der Waals surface area contributed by atoms with Gasteiger partial charge >= 0.3 is 0 Å². The van der Waals surface area contributed by atoms with Crippen molar-refractivity contribution in [2.45, 2.75) is 25.8 Å². The average molecular weight is 310 g/mol. The van der Waals surface area contributed by atoms with Crippen LogP contribution in [0.3, 0.4) is 0 Å². The van der Waals surface area contributed by atoms with Crippen LogP contribution in [0.25, 0.3) is 0 Å². The standard InChI is InChI=1S/C16H24ClN3O/c1-12(14-4-2-3-5-15(14)17)19-16(21)11-20-8-6-13(10-18)7-9-20/h2-5,12-13H,6-11,18H2,1H3,(H,19,21). The predicted octanol–water partition coefficient (Wildman–Crippen LogP) is 2.19. The number of nitrogens with zero attached hydrogens (tertiary/aromatic N) is 1. The van der Waals surface area contributed by atoms with Crippen LogP contribution in [0.4, 0.5) is 0 Å². The molecular weight excluding hydrogens is 286 g/mol. The Morgan fingerprint density at radius 1 is 1.43 bits per heavy atom. The summed E-state index contributed by atoms with van der Waals surface area (Å²) in [5, 5.41) is 3.71. The van der Waals surface area contributed by atoms with Gasteiger partial charge in [-0.2, -0.15) is 0 Å². The molecule has 0 saturated carbocycles. The Morgan fingerprint density at radius 2 is 2.10 bits per heavy atom. The number of piperidine rings is 1. The largest absolute Gasteiger partial charge is 0.348 e. The molecule has 1 amide bonds. The summed E-state index contributed by atoms with van der Waals surface area (Å²) in [5.41, 5.74) is 6.64. The van der Waals surface area contributed by atoms with Gasteiger partial charge in [0.2, 0.25) is 5.91 Å². The lowest BCUT2D eigenvalue weighted by Gasteiger charge is -2.31. The number of nitrogens with two attached hydrogens (primary N) is 1. The van der Waals surface area contributed by atoms with Crippen molar-refractivity contribution in [3.63, 3.8) is 0 Å². The second-order valence-electron chi connectivity index (χ2n) is 5.77. The average Bonchev–Trinajstić information content (AvgIpc) is 2.48. The van der Waals surface area contributed by atoms with Crippen molar-refractivity contribution in [1.29, 1.82) is 0 Å². The van der Waals surface area contributed by atoms with Crippen LogP contribution in [0.1, 0.15) is 31.4 Å². The molecule has 1 unspecified atom stereocenters. The molecule has 1 fully saturated rings. The lowest BCUT2D eigenvalue weighted by Crippen LogP contribution is -2.43. The first-order valence-corrected chi connectivity index (χ1v) is 7.94. The summed E-state index contributed by atoms with van der Waals surface area (Å²) in [5.74, 6) is 0.667. The van der Waals surface area contributed by atoms with Gasteiger partial charge in [0.15, 0.2) is 0 Å². The van der Waals surface area contributed by atoms with E-state index >= 15 is 0 Å². The van der Waals surface area contributed by atoms with Gasteiger partial charge in [-0.15, -0.1) is 0 Å². The number of hydrogen-bond donors (Lipinski definition) is 2. The number of carbonyl (C=O) groups excluding carboxylic acids is 1. The third-order valence-corrected chi connectivity index (χ3v) is 4.50. The molecule has 1 aliphatic heterocycles. The fraction of sp³-hybridized carbons (Fsp3) is 0.562. The summed E-state index contributed by atoms with van der Waals surface area (Å²) in [7, 11) is 0. The number of rotatable bonds is 5. The highest BCUT2D eigenvalue weighted by atomic mass is 35.5. The number of carbonyl (C=O) groups is 1. The van der Waals surface area contributed by atoms with Crippen molar-refractivity contribution in [2.75, 3.05) is 26.2 Å². The summed E-state index contributed by atoms with van der Waals surface area (Å²) >= 11 is 6.15. The molecular formula is C16H24ClN3O. The van der Waals surface area contributed by atoms with Gasteiger partial charge in [-0.1, -0.05) is 29.8 Å². The summed E-state index contributed by atoms with van der Waals surface area (Å²) in [6.45, 7) is 5.07. The van der Waals surface area contributed by atoms with Crippen LogP contribution in [0.2, 0.25) is 5.02 Å². The van der Waals surface area contributed by atoms with E-state index in [-0.39, 0.29) is 11.9 Å². The lowest BCUT2D eigenvalue weighted by atomic mass is 9.97. The molecule has 0 radical (unpaired) electrons. The number of halogens is 1. The van der Waals surface area contributed by atoms with Gasteiger partial charge in [-0.25, -0.2) is 0 Å². The quantitative estimate of drug-likeness (QED) is 0.876. The molecule has 0 bridgehead atoms. The van der Waals surface area contributed by atoms with E-state index in [9.17, 15) is 4.79 Å². The fourth-order valence-corrected chi connectivity index (χ4v) is 3.07. The molecule has 5 heteroatoms. The molecule has 1 aliphatic rings. The lowest BCUT2D eigenvalue weighted by molar-refractivity contribution is -0.123. The summed E-state index contributed by atoms with van der Waals surface area (Å²) in [6, 6.07) is 7.54. The maximum absolute atomic E-state index is 12.1. The molecule has 1 atom stereocenters. The van der Waals surface area contributed by atoms with Crippen LogP contribution in [0.5, 0.6) is 0 Å². The van der Waals surface area contributed by atoms with Gasteiger partial charge < -0.3 is 11.1 Å². The molecule has 21 heavy (non-hydrogen) atoms. The van der Waals surface area contributed by atoms with E-state index in [1.165, 1.54) is 0 Å². The van der Waals surface area contributed by atoms with Crippen LogP contribution >= 0.6 is 11.6 Å². The maximum atomic E-state index is 12.1. The van der Waals surface area contributed by atoms with Crippen LogP contribution in [0.15, 0.2) is 24.3 Å². The van der Waals surface area contributed by atoms with Gasteiger partial charge in [-0.05, 0) is 56.9 Å². The van der Waals surface area contributed by atoms with Gasteiger partial charge in [0, 0.05) is 5.02 Å². The van der Waals surface area contributed by atoms with Crippen molar-refractivity contribution in [2.24, 2.45) is 11.7 Å². The zero-order chi connectivity index (χ0) is 15.2. The maximum Gasteiger partial charge on any atom is 0.234 e. The van der Waals surface area contributed by atoms with Crippen LogP contribution in [-0.4, -0.2) is 37.0 Å². The number of nitrogens with one attached hydrogen (secondary N) is 1. The number of hydrogen-bond acceptors (Lipinski definition) is 3. The van der Waals surface area contributed by atoms with Gasteiger partial charge in [0.05, 0.1) is 12.6 Å². The van der Waals surface area contributed by atoms with E-state index < -0.39 is 0 Å². The molecule has 1 aromatic carbocycles. The predicted molar refractivity (Wildman–Crippen MR) is 86.2 cm³/mol.